The topological polar surface area (TPSA) is 81.4 Å². The molecule has 1 fully saturated rings. The molecule has 1 N–H and O–H groups in total. The highest BCUT2D eigenvalue weighted by atomic mass is 32.2. The van der Waals surface area contributed by atoms with Crippen LogP contribution in [0, 0.1) is 11.3 Å². The predicted octanol–water partition coefficient (Wildman–Crippen LogP) is 0.845. The summed E-state index contributed by atoms with van der Waals surface area (Å²) < 4.78 is 26.1. The SMILES string of the molecule is N#Cc1ccccc1CS(=O)(=O)N1CCC[C@@H]1CO. The Kier molecular flexibility index (Phi) is 4.20. The van der Waals surface area contributed by atoms with E-state index in [-0.39, 0.29) is 18.4 Å². The van der Waals surface area contributed by atoms with Gasteiger partial charge >= 0.3 is 0 Å². The van der Waals surface area contributed by atoms with Crippen molar-refractivity contribution in [1.82, 2.24) is 4.31 Å². The second-order valence-electron chi connectivity index (χ2n) is 4.61. The second-order valence-corrected chi connectivity index (χ2v) is 6.54. The molecule has 1 heterocycles. The summed E-state index contributed by atoms with van der Waals surface area (Å²) >= 11 is 0. The van der Waals surface area contributed by atoms with E-state index in [9.17, 15) is 13.5 Å². The van der Waals surface area contributed by atoms with Gasteiger partial charge in [-0.15, -0.1) is 0 Å². The molecule has 6 heteroatoms. The van der Waals surface area contributed by atoms with E-state index >= 15 is 0 Å². The van der Waals surface area contributed by atoms with Crippen LogP contribution in [0.5, 0.6) is 0 Å². The van der Waals surface area contributed by atoms with Crippen LogP contribution in [-0.4, -0.2) is 37.0 Å². The van der Waals surface area contributed by atoms with Gasteiger partial charge in [-0.25, -0.2) is 8.42 Å². The lowest BCUT2D eigenvalue weighted by atomic mass is 10.1. The average Bonchev–Trinajstić information content (AvgIpc) is 2.88. The smallest absolute Gasteiger partial charge is 0.218 e. The van der Waals surface area contributed by atoms with Crippen LogP contribution in [0.2, 0.25) is 0 Å². The zero-order valence-electron chi connectivity index (χ0n) is 10.5. The van der Waals surface area contributed by atoms with Crippen molar-refractivity contribution >= 4 is 10.0 Å². The van der Waals surface area contributed by atoms with E-state index in [0.29, 0.717) is 24.1 Å². The number of hydrogen-bond donors (Lipinski definition) is 1. The first-order valence-corrected chi connectivity index (χ1v) is 7.78. The van der Waals surface area contributed by atoms with E-state index in [1.807, 2.05) is 6.07 Å². The van der Waals surface area contributed by atoms with Crippen molar-refractivity contribution in [2.24, 2.45) is 0 Å². The van der Waals surface area contributed by atoms with Crippen LogP contribution in [0.3, 0.4) is 0 Å². The molecule has 2 rings (SSSR count). The summed E-state index contributed by atoms with van der Waals surface area (Å²) in [7, 11) is -3.48. The molecule has 0 saturated carbocycles. The van der Waals surface area contributed by atoms with Crippen LogP contribution in [0.15, 0.2) is 24.3 Å². The third kappa shape index (κ3) is 2.95. The number of nitriles is 1. The van der Waals surface area contributed by atoms with Gasteiger partial charge in [-0.3, -0.25) is 0 Å². The Morgan fingerprint density at radius 1 is 1.42 bits per heavy atom. The number of aliphatic hydroxyl groups is 1. The molecule has 0 radical (unpaired) electrons. The molecule has 0 aliphatic carbocycles. The summed E-state index contributed by atoms with van der Waals surface area (Å²) in [5, 5.41) is 18.2. The fraction of sp³-hybridized carbons (Fsp3) is 0.462. The van der Waals surface area contributed by atoms with Crippen LogP contribution < -0.4 is 0 Å². The van der Waals surface area contributed by atoms with Gasteiger partial charge < -0.3 is 5.11 Å². The summed E-state index contributed by atoms with van der Waals surface area (Å²) in [6, 6.07) is 8.37. The van der Waals surface area contributed by atoms with Crippen molar-refractivity contribution in [3.63, 3.8) is 0 Å². The highest BCUT2D eigenvalue weighted by Gasteiger charge is 2.33. The fourth-order valence-corrected chi connectivity index (χ4v) is 4.24. The van der Waals surface area contributed by atoms with Crippen molar-refractivity contribution in [3.05, 3.63) is 35.4 Å². The maximum absolute atomic E-state index is 12.3. The Hall–Kier alpha value is -1.42. The van der Waals surface area contributed by atoms with Crippen molar-refractivity contribution < 1.29 is 13.5 Å². The van der Waals surface area contributed by atoms with E-state index < -0.39 is 10.0 Å². The third-order valence-electron chi connectivity index (χ3n) is 3.37. The number of aliphatic hydroxyl groups excluding tert-OH is 1. The van der Waals surface area contributed by atoms with Crippen LogP contribution in [-0.2, 0) is 15.8 Å². The molecule has 0 unspecified atom stereocenters. The molecule has 0 amide bonds. The van der Waals surface area contributed by atoms with Crippen molar-refractivity contribution in [2.75, 3.05) is 13.2 Å². The lowest BCUT2D eigenvalue weighted by Crippen LogP contribution is -2.38. The first kappa shape index (κ1) is 14.0. The van der Waals surface area contributed by atoms with Crippen LogP contribution in [0.4, 0.5) is 0 Å². The Bertz CT molecular complexity index is 592. The summed E-state index contributed by atoms with van der Waals surface area (Å²) in [5.74, 6) is -0.187. The van der Waals surface area contributed by atoms with E-state index in [1.54, 1.807) is 24.3 Å². The van der Waals surface area contributed by atoms with Crippen molar-refractivity contribution in [3.8, 4) is 6.07 Å². The molecule has 1 saturated heterocycles. The molecule has 0 spiro atoms. The Morgan fingerprint density at radius 3 is 2.84 bits per heavy atom. The van der Waals surface area contributed by atoms with Crippen molar-refractivity contribution in [1.29, 1.82) is 5.26 Å². The monoisotopic (exact) mass is 280 g/mol. The van der Waals surface area contributed by atoms with E-state index in [2.05, 4.69) is 0 Å². The second kappa shape index (κ2) is 5.70. The number of nitrogens with zero attached hydrogens (tertiary/aromatic N) is 2. The standard InChI is InChI=1S/C13H16N2O3S/c14-8-11-4-1-2-5-12(11)10-19(17,18)15-7-3-6-13(15)9-16/h1-2,4-5,13,16H,3,6-7,9-10H2/t13-/m1/s1. The minimum Gasteiger partial charge on any atom is -0.395 e. The van der Waals surface area contributed by atoms with Gasteiger partial charge in [0.2, 0.25) is 10.0 Å². The Morgan fingerprint density at radius 2 is 2.16 bits per heavy atom. The molecular weight excluding hydrogens is 264 g/mol. The molecule has 1 aromatic rings. The highest BCUT2D eigenvalue weighted by molar-refractivity contribution is 7.88. The lowest BCUT2D eigenvalue weighted by molar-refractivity contribution is 0.213. The zero-order chi connectivity index (χ0) is 13.9. The quantitative estimate of drug-likeness (QED) is 0.886. The maximum Gasteiger partial charge on any atom is 0.218 e. The van der Waals surface area contributed by atoms with Gasteiger partial charge in [0.1, 0.15) is 0 Å². The number of benzene rings is 1. The van der Waals surface area contributed by atoms with Gasteiger partial charge in [0.15, 0.2) is 0 Å². The predicted molar refractivity (Wildman–Crippen MR) is 70.6 cm³/mol. The summed E-state index contributed by atoms with van der Waals surface area (Å²) in [6.45, 7) is 0.293. The minimum atomic E-state index is -3.48. The van der Waals surface area contributed by atoms with Crippen molar-refractivity contribution in [2.45, 2.75) is 24.6 Å². The fourth-order valence-electron chi connectivity index (χ4n) is 2.39. The van der Waals surface area contributed by atoms with Gasteiger partial charge in [0.05, 0.1) is 24.0 Å². The van der Waals surface area contributed by atoms with Crippen LogP contribution in [0.1, 0.15) is 24.0 Å². The average molecular weight is 280 g/mol. The van der Waals surface area contributed by atoms with E-state index in [4.69, 9.17) is 5.26 Å². The molecule has 1 aliphatic rings. The molecule has 1 atom stereocenters. The molecule has 5 nitrogen and oxygen atoms in total. The number of hydrogen-bond acceptors (Lipinski definition) is 4. The lowest BCUT2D eigenvalue weighted by Gasteiger charge is -2.22. The number of rotatable bonds is 4. The maximum atomic E-state index is 12.3. The van der Waals surface area contributed by atoms with Crippen LogP contribution >= 0.6 is 0 Å². The van der Waals surface area contributed by atoms with Gasteiger partial charge in [0.25, 0.3) is 0 Å². The molecule has 1 aromatic carbocycles. The Labute approximate surface area is 113 Å². The van der Waals surface area contributed by atoms with Gasteiger partial charge in [0, 0.05) is 12.6 Å². The first-order valence-electron chi connectivity index (χ1n) is 6.17. The molecule has 0 bridgehead atoms. The van der Waals surface area contributed by atoms with Crippen LogP contribution in [0.25, 0.3) is 0 Å². The molecule has 102 valence electrons. The number of sulfonamides is 1. The Balaban J connectivity index is 2.24. The van der Waals surface area contributed by atoms with E-state index in [1.165, 1.54) is 4.31 Å². The molecule has 1 aliphatic heterocycles. The summed E-state index contributed by atoms with van der Waals surface area (Å²) in [6.07, 6.45) is 1.46. The van der Waals surface area contributed by atoms with Gasteiger partial charge in [-0.1, -0.05) is 18.2 Å². The minimum absolute atomic E-state index is 0.154. The molecule has 19 heavy (non-hydrogen) atoms. The van der Waals surface area contributed by atoms with E-state index in [0.717, 1.165) is 6.42 Å². The summed E-state index contributed by atoms with van der Waals surface area (Å²) in [4.78, 5) is 0. The first-order chi connectivity index (χ1) is 9.08. The highest BCUT2D eigenvalue weighted by Crippen LogP contribution is 2.24. The van der Waals surface area contributed by atoms with Gasteiger partial charge in [-0.2, -0.15) is 9.57 Å². The largest absolute Gasteiger partial charge is 0.395 e. The van der Waals surface area contributed by atoms with Gasteiger partial charge in [-0.05, 0) is 24.5 Å². The molecular formula is C13H16N2O3S. The zero-order valence-corrected chi connectivity index (χ0v) is 11.3. The normalized spacial score (nSPS) is 20.3. The summed E-state index contributed by atoms with van der Waals surface area (Å²) in [5.41, 5.74) is 0.888. The molecule has 0 aromatic heterocycles. The third-order valence-corrected chi connectivity index (χ3v) is 5.24.